The number of carbonyl (C=O) groups excluding carboxylic acids is 1. The Bertz CT molecular complexity index is 1160. The molecule has 2 aromatic carbocycles. The maximum absolute atomic E-state index is 11.8. The predicted octanol–water partition coefficient (Wildman–Crippen LogP) is 4.74. The molecule has 0 spiro atoms. The number of allylic oxidation sites excluding steroid dienone is 1. The van der Waals surface area contributed by atoms with Gasteiger partial charge in [-0.3, -0.25) is 20.9 Å². The van der Waals surface area contributed by atoms with E-state index in [2.05, 4.69) is 74.2 Å². The molecule has 0 bridgehead atoms. The number of carboxylic acid groups (broad SMARTS) is 1. The van der Waals surface area contributed by atoms with Gasteiger partial charge in [0.15, 0.2) is 6.29 Å². The first-order valence-electron chi connectivity index (χ1n) is 9.37. The standard InChI is InChI=1S/C11H8Br2N2O.C7H10N2.C4H2Br2O3/c12-9-6-14-15(11(16)10(9)13)7-8-4-2-1-3-5-8;8-9-6-7-4-2-1-3-5-7;5-2(1-7)3(6)4(8)9/h1-6H,7H2;1-5,9H,6,8H2;1H,(H,8,9)/b;;3-2-. The summed E-state index contributed by atoms with van der Waals surface area (Å²) in [5.41, 5.74) is 4.70. The number of aldehydes is 1. The van der Waals surface area contributed by atoms with Gasteiger partial charge in [0.2, 0.25) is 0 Å². The topological polar surface area (TPSA) is 127 Å². The Hall–Kier alpha value is -1.96. The first kappa shape index (κ1) is 30.1. The highest BCUT2D eigenvalue weighted by Crippen LogP contribution is 2.17. The molecule has 0 unspecified atom stereocenters. The first-order valence-corrected chi connectivity index (χ1v) is 12.5. The third kappa shape index (κ3) is 11.0. The molecule has 1 aromatic heterocycles. The van der Waals surface area contributed by atoms with Crippen molar-refractivity contribution in [3.05, 3.63) is 106 Å². The smallest absolute Gasteiger partial charge is 0.344 e. The minimum atomic E-state index is -1.17. The molecule has 1 heterocycles. The zero-order valence-corrected chi connectivity index (χ0v) is 23.8. The average molecular weight is 724 g/mol. The van der Waals surface area contributed by atoms with Crippen molar-refractivity contribution in [2.24, 2.45) is 5.84 Å². The van der Waals surface area contributed by atoms with Crippen LogP contribution in [0, 0.1) is 0 Å². The van der Waals surface area contributed by atoms with Crippen LogP contribution in [0.15, 0.2) is 89.6 Å². The second kappa shape index (κ2) is 16.6. The van der Waals surface area contributed by atoms with E-state index in [4.69, 9.17) is 10.9 Å². The highest BCUT2D eigenvalue weighted by atomic mass is 79.9. The van der Waals surface area contributed by atoms with E-state index in [1.807, 2.05) is 60.7 Å². The number of aliphatic carboxylic acids is 1. The fourth-order valence-corrected chi connectivity index (χ4v) is 3.01. The highest BCUT2D eigenvalue weighted by Gasteiger charge is 2.07. The second-order valence-corrected chi connectivity index (χ2v) is 9.50. The summed E-state index contributed by atoms with van der Waals surface area (Å²) in [7, 11) is 0. The van der Waals surface area contributed by atoms with Crippen molar-refractivity contribution in [1.29, 1.82) is 0 Å². The Balaban J connectivity index is 0.000000276. The number of hydrogen-bond acceptors (Lipinski definition) is 6. The Morgan fingerprint density at radius 2 is 1.56 bits per heavy atom. The van der Waals surface area contributed by atoms with Crippen LogP contribution in [0.1, 0.15) is 11.1 Å². The summed E-state index contributed by atoms with van der Waals surface area (Å²) >= 11 is 11.9. The van der Waals surface area contributed by atoms with E-state index in [1.165, 1.54) is 10.2 Å². The quantitative estimate of drug-likeness (QED) is 0.145. The van der Waals surface area contributed by atoms with Gasteiger partial charge in [0, 0.05) is 6.54 Å². The molecule has 180 valence electrons. The van der Waals surface area contributed by atoms with Crippen molar-refractivity contribution in [1.82, 2.24) is 15.2 Å². The van der Waals surface area contributed by atoms with Gasteiger partial charge in [-0.15, -0.1) is 0 Å². The summed E-state index contributed by atoms with van der Waals surface area (Å²) in [6.45, 7) is 1.21. The fourth-order valence-electron chi connectivity index (χ4n) is 2.18. The minimum absolute atomic E-state index is 0.00463. The van der Waals surface area contributed by atoms with Gasteiger partial charge >= 0.3 is 5.97 Å². The molecule has 0 saturated heterocycles. The maximum atomic E-state index is 11.8. The number of halogens is 4. The third-order valence-corrected chi connectivity index (χ3v) is 7.55. The van der Waals surface area contributed by atoms with E-state index in [9.17, 15) is 14.4 Å². The first-order chi connectivity index (χ1) is 16.2. The maximum Gasteiger partial charge on any atom is 0.344 e. The number of carboxylic acids is 1. The normalized spacial score (nSPS) is 10.6. The molecule has 12 heteroatoms. The SMILES string of the molecule is NNCc1ccccc1.O=C/C(Br)=C(/Br)C(=O)O.O=c1c(Br)c(Br)cnn1Cc1ccccc1. The second-order valence-electron chi connectivity index (χ2n) is 6.21. The molecule has 3 rings (SSSR count). The highest BCUT2D eigenvalue weighted by molar-refractivity contribution is 9.14. The number of nitrogens with two attached hydrogens (primary N) is 1. The van der Waals surface area contributed by atoms with Crippen LogP contribution in [-0.2, 0) is 22.7 Å². The fraction of sp³-hybridized carbons (Fsp3) is 0.0909. The number of rotatable bonds is 6. The number of hydrogen-bond donors (Lipinski definition) is 3. The van der Waals surface area contributed by atoms with Crippen molar-refractivity contribution in [3.63, 3.8) is 0 Å². The van der Waals surface area contributed by atoms with Gasteiger partial charge < -0.3 is 5.11 Å². The minimum Gasteiger partial charge on any atom is -0.477 e. The molecule has 0 amide bonds. The van der Waals surface area contributed by atoms with Crippen molar-refractivity contribution in [2.75, 3.05) is 0 Å². The molecule has 4 N–H and O–H groups in total. The zero-order valence-electron chi connectivity index (χ0n) is 17.5. The number of aromatic nitrogens is 2. The molecule has 0 aliphatic carbocycles. The van der Waals surface area contributed by atoms with E-state index in [-0.39, 0.29) is 14.5 Å². The number of nitrogens with one attached hydrogen (secondary N) is 1. The Morgan fingerprint density at radius 3 is 2.00 bits per heavy atom. The van der Waals surface area contributed by atoms with Crippen LogP contribution in [0.3, 0.4) is 0 Å². The van der Waals surface area contributed by atoms with Crippen molar-refractivity contribution >= 4 is 76.0 Å². The van der Waals surface area contributed by atoms with Crippen molar-refractivity contribution in [2.45, 2.75) is 13.1 Å². The third-order valence-electron chi connectivity index (χ3n) is 3.77. The lowest BCUT2D eigenvalue weighted by atomic mass is 10.2. The predicted molar refractivity (Wildman–Crippen MR) is 145 cm³/mol. The van der Waals surface area contributed by atoms with Crippen LogP contribution in [0.2, 0.25) is 0 Å². The van der Waals surface area contributed by atoms with E-state index in [1.54, 1.807) is 6.20 Å². The summed E-state index contributed by atoms with van der Waals surface area (Å²) < 4.78 is 2.41. The van der Waals surface area contributed by atoms with E-state index >= 15 is 0 Å². The monoisotopic (exact) mass is 720 g/mol. The van der Waals surface area contributed by atoms with Crippen LogP contribution in [0.4, 0.5) is 0 Å². The van der Waals surface area contributed by atoms with Gasteiger partial charge in [-0.25, -0.2) is 9.48 Å². The Kier molecular flexibility index (Phi) is 14.7. The molecule has 0 aliphatic heterocycles. The lowest BCUT2D eigenvalue weighted by Gasteiger charge is -2.05. The van der Waals surface area contributed by atoms with Gasteiger partial charge in [0.1, 0.15) is 8.96 Å². The summed E-state index contributed by atoms with van der Waals surface area (Å²) in [4.78, 5) is 31.7. The molecule has 8 nitrogen and oxygen atoms in total. The van der Waals surface area contributed by atoms with Crippen molar-refractivity contribution in [3.8, 4) is 0 Å². The van der Waals surface area contributed by atoms with E-state index in [0.717, 1.165) is 12.1 Å². The van der Waals surface area contributed by atoms with Crippen LogP contribution in [0.5, 0.6) is 0 Å². The van der Waals surface area contributed by atoms with Gasteiger partial charge in [-0.1, -0.05) is 60.7 Å². The number of carbonyl (C=O) groups is 2. The molecule has 0 aliphatic rings. The summed E-state index contributed by atoms with van der Waals surface area (Å²) in [5, 5.41) is 12.3. The molecule has 3 aromatic rings. The summed E-state index contributed by atoms with van der Waals surface area (Å²) in [5.74, 6) is 3.94. The largest absolute Gasteiger partial charge is 0.477 e. The summed E-state index contributed by atoms with van der Waals surface area (Å²) in [6, 6.07) is 19.8. The average Bonchev–Trinajstić information content (AvgIpc) is 2.85. The Labute approximate surface area is 229 Å². The Morgan fingerprint density at radius 1 is 1.03 bits per heavy atom. The molecule has 0 radical (unpaired) electrons. The molecule has 0 fully saturated rings. The number of nitrogens with zero attached hydrogens (tertiary/aromatic N) is 2. The molecular formula is C22H20Br4N4O4. The van der Waals surface area contributed by atoms with Crippen LogP contribution in [0.25, 0.3) is 0 Å². The molecule has 34 heavy (non-hydrogen) atoms. The van der Waals surface area contributed by atoms with Crippen LogP contribution >= 0.6 is 63.7 Å². The lowest BCUT2D eigenvalue weighted by Crippen LogP contribution is -2.23. The number of hydrazine groups is 1. The van der Waals surface area contributed by atoms with Gasteiger partial charge in [0.25, 0.3) is 5.56 Å². The van der Waals surface area contributed by atoms with E-state index in [0.29, 0.717) is 21.8 Å². The van der Waals surface area contributed by atoms with E-state index < -0.39 is 5.97 Å². The lowest BCUT2D eigenvalue weighted by molar-refractivity contribution is -0.131. The van der Waals surface area contributed by atoms with Gasteiger partial charge in [-0.2, -0.15) is 5.10 Å². The summed E-state index contributed by atoms with van der Waals surface area (Å²) in [6.07, 6.45) is 2.01. The van der Waals surface area contributed by atoms with Gasteiger partial charge in [0.05, 0.1) is 21.7 Å². The van der Waals surface area contributed by atoms with Gasteiger partial charge in [-0.05, 0) is 74.8 Å². The molecule has 0 saturated carbocycles. The van der Waals surface area contributed by atoms with Crippen molar-refractivity contribution < 1.29 is 14.7 Å². The zero-order chi connectivity index (χ0) is 25.5. The molecular weight excluding hydrogens is 704 g/mol. The molecule has 0 atom stereocenters. The van der Waals surface area contributed by atoms with Crippen LogP contribution < -0.4 is 16.8 Å². The van der Waals surface area contributed by atoms with Crippen LogP contribution in [-0.4, -0.2) is 27.1 Å². The number of benzene rings is 2.